The standard InChI is InChI=1S/C43H60N12O3S/c1-3-4-18-48-41-51-42(53-43(52-41)58-30-29-54(2)34-14-12-33(13-15-34)40-49-36-8-5-6-9-38(36)59-40)50-37(31-32-10-16-35(56)17-11-32)39(57)47-19-7-26-55-27-24-45-22-20-44-21-23-46-25-28-55/h5-6,8-17,37,44-46,56H,3-4,7,18-31H2,1-2H3,(H,47,57)(H2,48,50,51,52,53)/t37-/m0/s1. The third kappa shape index (κ3) is 14.3. The Labute approximate surface area is 351 Å². The number of phenolic OH excluding ortho intramolecular Hbond substituents is 1. The number of ether oxygens (including phenoxy) is 1. The second-order valence-corrected chi connectivity index (χ2v) is 15.7. The van der Waals surface area contributed by atoms with E-state index in [2.05, 4.69) is 93.9 Å². The summed E-state index contributed by atoms with van der Waals surface area (Å²) >= 11 is 1.69. The molecule has 59 heavy (non-hydrogen) atoms. The van der Waals surface area contributed by atoms with Gasteiger partial charge in [0.05, 0.1) is 16.8 Å². The number of fused-ring (bicyclic) bond motifs is 1. The molecule has 0 saturated carbocycles. The molecule has 3 heterocycles. The van der Waals surface area contributed by atoms with Crippen molar-refractivity contribution in [3.8, 4) is 22.3 Å². The monoisotopic (exact) mass is 824 g/mol. The van der Waals surface area contributed by atoms with Gasteiger partial charge in [0.2, 0.25) is 17.8 Å². The number of aromatic nitrogens is 4. The summed E-state index contributed by atoms with van der Waals surface area (Å²) in [6.45, 7) is 12.7. The number of thiazole rings is 1. The van der Waals surface area contributed by atoms with E-state index in [4.69, 9.17) is 9.72 Å². The molecule has 3 aromatic carbocycles. The van der Waals surface area contributed by atoms with Crippen molar-refractivity contribution in [3.05, 3.63) is 78.4 Å². The first kappa shape index (κ1) is 43.4. The van der Waals surface area contributed by atoms with Crippen LogP contribution in [0.1, 0.15) is 31.7 Å². The average Bonchev–Trinajstić information content (AvgIpc) is 3.68. The van der Waals surface area contributed by atoms with Crippen molar-refractivity contribution in [2.24, 2.45) is 0 Å². The van der Waals surface area contributed by atoms with Gasteiger partial charge < -0.3 is 51.5 Å². The van der Waals surface area contributed by atoms with E-state index >= 15 is 0 Å². The number of benzene rings is 3. The number of rotatable bonds is 19. The Balaban J connectivity index is 1.07. The van der Waals surface area contributed by atoms with Gasteiger partial charge in [-0.1, -0.05) is 37.6 Å². The molecule has 2 aromatic heterocycles. The average molecular weight is 825 g/mol. The van der Waals surface area contributed by atoms with E-state index in [1.807, 2.05) is 37.4 Å². The number of carbonyl (C=O) groups excluding carboxylic acids is 1. The largest absolute Gasteiger partial charge is 0.508 e. The first-order chi connectivity index (χ1) is 28.9. The lowest BCUT2D eigenvalue weighted by atomic mass is 10.1. The molecule has 0 aliphatic carbocycles. The van der Waals surface area contributed by atoms with Gasteiger partial charge in [-0.05, 0) is 73.5 Å². The molecule has 1 saturated heterocycles. The highest BCUT2D eigenvalue weighted by Crippen LogP contribution is 2.31. The van der Waals surface area contributed by atoms with Gasteiger partial charge >= 0.3 is 6.01 Å². The van der Waals surface area contributed by atoms with Crippen molar-refractivity contribution in [2.45, 2.75) is 38.6 Å². The highest BCUT2D eigenvalue weighted by atomic mass is 32.1. The fourth-order valence-corrected chi connectivity index (χ4v) is 7.58. The van der Waals surface area contributed by atoms with Gasteiger partial charge in [0.1, 0.15) is 23.4 Å². The van der Waals surface area contributed by atoms with Crippen molar-refractivity contribution < 1.29 is 14.6 Å². The van der Waals surface area contributed by atoms with Gasteiger partial charge in [-0.25, -0.2) is 4.98 Å². The van der Waals surface area contributed by atoms with E-state index in [0.29, 0.717) is 38.6 Å². The summed E-state index contributed by atoms with van der Waals surface area (Å²) in [5.74, 6) is 0.614. The van der Waals surface area contributed by atoms with E-state index < -0.39 is 6.04 Å². The van der Waals surface area contributed by atoms with Crippen LogP contribution in [0.15, 0.2) is 72.8 Å². The lowest BCUT2D eigenvalue weighted by Crippen LogP contribution is -2.44. The molecular weight excluding hydrogens is 765 g/mol. The zero-order valence-electron chi connectivity index (χ0n) is 34.4. The molecule has 0 bridgehead atoms. The predicted molar refractivity (Wildman–Crippen MR) is 239 cm³/mol. The third-order valence-electron chi connectivity index (χ3n) is 10.0. The summed E-state index contributed by atoms with van der Waals surface area (Å²) in [6, 6.07) is 22.9. The Bertz CT molecular complexity index is 1950. The SMILES string of the molecule is CCCCNc1nc(N[C@@H](Cc2ccc(O)cc2)C(=O)NCCCN2CCNCCNCCNCC2)nc(OCCN(C)c2ccc(-c3nc4ccccc4s3)cc2)n1. The Morgan fingerprint density at radius 1 is 0.864 bits per heavy atom. The maximum Gasteiger partial charge on any atom is 0.323 e. The molecular formula is C43H60N12O3S. The number of nitrogens with zero attached hydrogens (tertiary/aromatic N) is 6. The Hall–Kier alpha value is -5.13. The van der Waals surface area contributed by atoms with Crippen LogP contribution in [0.2, 0.25) is 0 Å². The molecule has 0 unspecified atom stereocenters. The minimum Gasteiger partial charge on any atom is -0.508 e. The Morgan fingerprint density at radius 2 is 1.58 bits per heavy atom. The fourth-order valence-electron chi connectivity index (χ4n) is 6.61. The molecule has 1 aliphatic rings. The molecule has 1 atom stereocenters. The number of carbonyl (C=O) groups is 1. The zero-order chi connectivity index (χ0) is 41.1. The number of amides is 1. The molecule has 1 amide bonds. The van der Waals surface area contributed by atoms with Crippen molar-refractivity contribution in [3.63, 3.8) is 0 Å². The molecule has 7 N–H and O–H groups in total. The van der Waals surface area contributed by atoms with Crippen LogP contribution in [0.5, 0.6) is 11.8 Å². The second-order valence-electron chi connectivity index (χ2n) is 14.7. The van der Waals surface area contributed by atoms with Gasteiger partial charge in [-0.2, -0.15) is 15.0 Å². The fraction of sp³-hybridized carbons (Fsp3) is 0.465. The summed E-state index contributed by atoms with van der Waals surface area (Å²) in [5.41, 5.74) is 4.02. The van der Waals surface area contributed by atoms with Crippen LogP contribution in [0.3, 0.4) is 0 Å². The first-order valence-electron chi connectivity index (χ1n) is 20.9. The number of unbranched alkanes of at least 4 members (excludes halogenated alkanes) is 1. The number of hydrogen-bond donors (Lipinski definition) is 7. The minimum atomic E-state index is -0.696. The Kier molecular flexibility index (Phi) is 17.3. The molecule has 0 spiro atoms. The Morgan fingerprint density at radius 3 is 2.31 bits per heavy atom. The summed E-state index contributed by atoms with van der Waals surface area (Å²) in [6.07, 6.45) is 3.13. The van der Waals surface area contributed by atoms with Crippen molar-refractivity contribution in [2.75, 3.05) is 108 Å². The van der Waals surface area contributed by atoms with E-state index in [9.17, 15) is 9.90 Å². The number of para-hydroxylation sites is 1. The molecule has 15 nitrogen and oxygen atoms in total. The topological polar surface area (TPSA) is 177 Å². The highest BCUT2D eigenvalue weighted by molar-refractivity contribution is 7.21. The maximum absolute atomic E-state index is 13.8. The molecule has 316 valence electrons. The lowest BCUT2D eigenvalue weighted by molar-refractivity contribution is -0.121. The molecule has 5 aromatic rings. The third-order valence-corrected chi connectivity index (χ3v) is 11.1. The van der Waals surface area contributed by atoms with E-state index in [0.717, 1.165) is 106 Å². The maximum atomic E-state index is 13.8. The van der Waals surface area contributed by atoms with E-state index in [-0.39, 0.29) is 23.6 Å². The quantitative estimate of drug-likeness (QED) is 0.0590. The van der Waals surface area contributed by atoms with Crippen molar-refractivity contribution >= 4 is 45.0 Å². The van der Waals surface area contributed by atoms with Crippen LogP contribution in [-0.2, 0) is 11.2 Å². The van der Waals surface area contributed by atoms with Crippen LogP contribution in [-0.4, -0.2) is 134 Å². The van der Waals surface area contributed by atoms with Gasteiger partial charge in [0.25, 0.3) is 0 Å². The van der Waals surface area contributed by atoms with Gasteiger partial charge in [-0.3, -0.25) is 4.79 Å². The summed E-state index contributed by atoms with van der Waals surface area (Å²) in [5, 5.41) is 31.1. The van der Waals surface area contributed by atoms with Crippen molar-refractivity contribution in [1.29, 1.82) is 0 Å². The lowest BCUT2D eigenvalue weighted by Gasteiger charge is -2.24. The van der Waals surface area contributed by atoms with Gasteiger partial charge in [0.15, 0.2) is 0 Å². The summed E-state index contributed by atoms with van der Waals surface area (Å²) in [4.78, 5) is 37.0. The minimum absolute atomic E-state index is 0.163. The number of anilines is 3. The number of nitrogens with one attached hydrogen (secondary N) is 6. The number of aromatic hydroxyl groups is 1. The highest BCUT2D eigenvalue weighted by Gasteiger charge is 2.22. The molecule has 6 rings (SSSR count). The number of hydrogen-bond acceptors (Lipinski definition) is 15. The smallest absolute Gasteiger partial charge is 0.323 e. The number of likely N-dealkylation sites (N-methyl/N-ethyl adjacent to an activating group) is 1. The van der Waals surface area contributed by atoms with Crippen molar-refractivity contribution in [1.82, 2.24) is 46.1 Å². The second kappa shape index (κ2) is 23.5. The van der Waals surface area contributed by atoms with Crippen LogP contribution in [0.4, 0.5) is 17.6 Å². The molecule has 0 radical (unpaired) electrons. The van der Waals surface area contributed by atoms with Crippen LogP contribution in [0.25, 0.3) is 20.8 Å². The van der Waals surface area contributed by atoms with Crippen LogP contribution in [0, 0.1) is 0 Å². The molecule has 16 heteroatoms. The molecule has 1 aliphatic heterocycles. The predicted octanol–water partition coefficient (Wildman–Crippen LogP) is 4.20. The first-order valence-corrected chi connectivity index (χ1v) is 21.7. The van der Waals surface area contributed by atoms with Gasteiger partial charge in [0, 0.05) is 90.2 Å². The number of phenols is 1. The van der Waals surface area contributed by atoms with E-state index in [1.165, 1.54) is 4.70 Å². The summed E-state index contributed by atoms with van der Waals surface area (Å²) < 4.78 is 7.30. The van der Waals surface area contributed by atoms with E-state index in [1.54, 1.807) is 23.5 Å². The molecule has 1 fully saturated rings. The normalized spacial score (nSPS) is 14.8. The van der Waals surface area contributed by atoms with Gasteiger partial charge in [-0.15, -0.1) is 11.3 Å². The van der Waals surface area contributed by atoms with Crippen LogP contribution < -0.4 is 41.5 Å². The van der Waals surface area contributed by atoms with Crippen LogP contribution >= 0.6 is 11.3 Å². The zero-order valence-corrected chi connectivity index (χ0v) is 35.2. The summed E-state index contributed by atoms with van der Waals surface area (Å²) in [7, 11) is 2.02.